The molecule has 4 rings (SSSR count). The van der Waals surface area contributed by atoms with Crippen LogP contribution in [0.5, 0.6) is 11.5 Å². The van der Waals surface area contributed by atoms with Crippen LogP contribution in [-0.4, -0.2) is 51.5 Å². The highest BCUT2D eigenvalue weighted by Crippen LogP contribution is 2.45. The summed E-state index contributed by atoms with van der Waals surface area (Å²) >= 11 is 0. The number of carboxylic acids is 1. The van der Waals surface area contributed by atoms with Crippen molar-refractivity contribution in [1.82, 2.24) is 0 Å². The lowest BCUT2D eigenvalue weighted by Gasteiger charge is -2.36. The van der Waals surface area contributed by atoms with Crippen molar-refractivity contribution >= 4 is 17.3 Å². The molecule has 2 fully saturated rings. The van der Waals surface area contributed by atoms with Crippen molar-refractivity contribution in [2.75, 3.05) is 50.2 Å². The first kappa shape index (κ1) is 28.1. The summed E-state index contributed by atoms with van der Waals surface area (Å²) in [6.45, 7) is 10.6. The molecule has 208 valence electrons. The minimum Gasteiger partial charge on any atom is -0.497 e. The molecule has 0 spiro atoms. The maximum Gasteiger partial charge on any atom is 0.303 e. The molecule has 6 heteroatoms. The molecule has 1 aliphatic heterocycles. The molecule has 1 aliphatic carbocycles. The minimum absolute atomic E-state index is 0.0953. The number of nitrogens with zero attached hydrogens (tertiary/aromatic N) is 2. The van der Waals surface area contributed by atoms with Gasteiger partial charge in [0.05, 0.1) is 31.5 Å². The van der Waals surface area contributed by atoms with Crippen molar-refractivity contribution in [2.24, 2.45) is 17.3 Å². The molecular formula is C32H46N2O4. The van der Waals surface area contributed by atoms with E-state index >= 15 is 0 Å². The Balaban J connectivity index is 1.35. The number of methoxy groups -OCH3 is 1. The molecule has 2 aromatic carbocycles. The number of piperidine rings is 1. The molecule has 1 heterocycles. The molecule has 0 aromatic heterocycles. The van der Waals surface area contributed by atoms with Gasteiger partial charge in [-0.15, -0.1) is 0 Å². The molecule has 6 nitrogen and oxygen atoms in total. The topological polar surface area (TPSA) is 62.2 Å². The Morgan fingerprint density at radius 3 is 2.45 bits per heavy atom. The van der Waals surface area contributed by atoms with Crippen LogP contribution in [0.4, 0.5) is 11.4 Å². The normalized spacial score (nSPS) is 17.2. The molecule has 38 heavy (non-hydrogen) atoms. The van der Waals surface area contributed by atoms with Gasteiger partial charge in [0, 0.05) is 32.7 Å². The quantitative estimate of drug-likeness (QED) is 0.330. The van der Waals surface area contributed by atoms with Crippen LogP contribution in [0.15, 0.2) is 42.5 Å². The second-order valence-corrected chi connectivity index (χ2v) is 12.4. The molecule has 0 amide bonds. The third kappa shape index (κ3) is 7.81. The molecule has 1 saturated carbocycles. The molecule has 1 unspecified atom stereocenters. The number of hydrogen-bond acceptors (Lipinski definition) is 5. The van der Waals surface area contributed by atoms with Crippen molar-refractivity contribution in [3.63, 3.8) is 0 Å². The molecule has 0 radical (unpaired) electrons. The van der Waals surface area contributed by atoms with Crippen LogP contribution in [0.2, 0.25) is 0 Å². The van der Waals surface area contributed by atoms with E-state index < -0.39 is 5.97 Å². The van der Waals surface area contributed by atoms with E-state index in [2.05, 4.69) is 68.0 Å². The standard InChI is InChI=1S/C32H46N2O4/c1-32(2,3)15-18-33(4)29-12-11-26(37-5)20-30(29)34-16-13-23(14-17-34)22-38-27-8-6-7-25(19-27)28(21-31(35)36)24-9-10-24/h6-8,11-12,19-20,23-24,28H,9-10,13-18,21-22H2,1-5H3,(H,35,36). The lowest BCUT2D eigenvalue weighted by Crippen LogP contribution is -2.36. The zero-order valence-corrected chi connectivity index (χ0v) is 23.9. The van der Waals surface area contributed by atoms with Crippen LogP contribution in [0.3, 0.4) is 0 Å². The zero-order chi connectivity index (χ0) is 27.3. The number of hydrogen-bond donors (Lipinski definition) is 1. The van der Waals surface area contributed by atoms with Gasteiger partial charge >= 0.3 is 5.97 Å². The second kappa shape index (κ2) is 12.3. The fourth-order valence-electron chi connectivity index (χ4n) is 5.46. The number of anilines is 2. The molecule has 2 aromatic rings. The number of ether oxygens (including phenoxy) is 2. The van der Waals surface area contributed by atoms with Crippen LogP contribution in [0, 0.1) is 17.3 Å². The van der Waals surface area contributed by atoms with Crippen LogP contribution in [-0.2, 0) is 4.79 Å². The maximum absolute atomic E-state index is 11.4. The molecule has 2 aliphatic rings. The summed E-state index contributed by atoms with van der Waals surface area (Å²) in [4.78, 5) is 16.3. The minimum atomic E-state index is -0.723. The zero-order valence-electron chi connectivity index (χ0n) is 23.9. The van der Waals surface area contributed by atoms with Gasteiger partial charge in [0.25, 0.3) is 0 Å². The fourth-order valence-corrected chi connectivity index (χ4v) is 5.46. The molecule has 1 atom stereocenters. The SMILES string of the molecule is COc1ccc(N(C)CCC(C)(C)C)c(N2CCC(COc3cccc(C(CC(=O)O)C4CC4)c3)CC2)c1. The Morgan fingerprint density at radius 1 is 1.08 bits per heavy atom. The van der Waals surface area contributed by atoms with E-state index in [9.17, 15) is 9.90 Å². The van der Waals surface area contributed by atoms with E-state index in [0.717, 1.165) is 68.8 Å². The van der Waals surface area contributed by atoms with Crippen molar-refractivity contribution < 1.29 is 19.4 Å². The second-order valence-electron chi connectivity index (χ2n) is 12.4. The first-order valence-electron chi connectivity index (χ1n) is 14.2. The van der Waals surface area contributed by atoms with Gasteiger partial charge in [0.15, 0.2) is 0 Å². The largest absolute Gasteiger partial charge is 0.497 e. The van der Waals surface area contributed by atoms with Gasteiger partial charge < -0.3 is 24.4 Å². The Kier molecular flexibility index (Phi) is 9.11. The number of carboxylic acid groups (broad SMARTS) is 1. The van der Waals surface area contributed by atoms with Gasteiger partial charge in [-0.1, -0.05) is 32.9 Å². The lowest BCUT2D eigenvalue weighted by atomic mass is 9.91. The third-order valence-electron chi connectivity index (χ3n) is 8.10. The van der Waals surface area contributed by atoms with Gasteiger partial charge in [-0.2, -0.15) is 0 Å². The summed E-state index contributed by atoms with van der Waals surface area (Å²) in [6.07, 6.45) is 5.74. The molecule has 0 bridgehead atoms. The van der Waals surface area contributed by atoms with Crippen molar-refractivity contribution in [3.8, 4) is 11.5 Å². The monoisotopic (exact) mass is 522 g/mol. The highest BCUT2D eigenvalue weighted by molar-refractivity contribution is 5.73. The van der Waals surface area contributed by atoms with E-state index in [4.69, 9.17) is 9.47 Å². The van der Waals surface area contributed by atoms with Gasteiger partial charge in [0.2, 0.25) is 0 Å². The summed E-state index contributed by atoms with van der Waals surface area (Å²) in [7, 11) is 3.92. The van der Waals surface area contributed by atoms with E-state index in [1.807, 2.05) is 12.1 Å². The van der Waals surface area contributed by atoms with Gasteiger partial charge in [-0.3, -0.25) is 4.79 Å². The summed E-state index contributed by atoms with van der Waals surface area (Å²) in [5, 5.41) is 9.36. The van der Waals surface area contributed by atoms with Crippen molar-refractivity contribution in [3.05, 3.63) is 48.0 Å². The summed E-state index contributed by atoms with van der Waals surface area (Å²) in [5.41, 5.74) is 3.90. The molecule has 1 saturated heterocycles. The Morgan fingerprint density at radius 2 is 1.82 bits per heavy atom. The molecular weight excluding hydrogens is 476 g/mol. The van der Waals surface area contributed by atoms with Crippen LogP contribution in [0.1, 0.15) is 70.8 Å². The van der Waals surface area contributed by atoms with Crippen LogP contribution >= 0.6 is 0 Å². The van der Waals surface area contributed by atoms with Gasteiger partial charge in [0.1, 0.15) is 11.5 Å². The number of aliphatic carboxylic acids is 1. The Hall–Kier alpha value is -2.89. The van der Waals surface area contributed by atoms with Crippen LogP contribution in [0.25, 0.3) is 0 Å². The predicted molar refractivity (Wildman–Crippen MR) is 155 cm³/mol. The average Bonchev–Trinajstić information content (AvgIpc) is 3.74. The highest BCUT2D eigenvalue weighted by Gasteiger charge is 2.34. The van der Waals surface area contributed by atoms with Gasteiger partial charge in [-0.25, -0.2) is 0 Å². The van der Waals surface area contributed by atoms with E-state index in [0.29, 0.717) is 23.9 Å². The van der Waals surface area contributed by atoms with Crippen molar-refractivity contribution in [2.45, 2.75) is 65.2 Å². The first-order valence-corrected chi connectivity index (χ1v) is 14.2. The van der Waals surface area contributed by atoms with E-state index in [1.54, 1.807) is 7.11 Å². The Labute approximate surface area is 228 Å². The van der Waals surface area contributed by atoms with E-state index in [-0.39, 0.29) is 12.3 Å². The number of benzene rings is 2. The van der Waals surface area contributed by atoms with Gasteiger partial charge in [-0.05, 0) is 85.1 Å². The highest BCUT2D eigenvalue weighted by atomic mass is 16.5. The van der Waals surface area contributed by atoms with Crippen molar-refractivity contribution in [1.29, 1.82) is 0 Å². The average molecular weight is 523 g/mol. The summed E-state index contributed by atoms with van der Waals surface area (Å²) in [6, 6.07) is 14.6. The summed E-state index contributed by atoms with van der Waals surface area (Å²) in [5.74, 6) is 2.13. The fraction of sp³-hybridized carbons (Fsp3) is 0.594. The lowest BCUT2D eigenvalue weighted by molar-refractivity contribution is -0.137. The Bertz CT molecular complexity index is 1070. The first-order chi connectivity index (χ1) is 18.1. The maximum atomic E-state index is 11.4. The van der Waals surface area contributed by atoms with E-state index in [1.165, 1.54) is 11.4 Å². The summed E-state index contributed by atoms with van der Waals surface area (Å²) < 4.78 is 11.8. The third-order valence-corrected chi connectivity index (χ3v) is 8.10. The smallest absolute Gasteiger partial charge is 0.303 e. The van der Waals surface area contributed by atoms with Crippen LogP contribution < -0.4 is 19.3 Å². The number of carbonyl (C=O) groups is 1. The predicted octanol–water partition coefficient (Wildman–Crippen LogP) is 6.83. The number of rotatable bonds is 12. The molecule has 1 N–H and O–H groups in total.